The monoisotopic (exact) mass is 526 g/mol. The van der Waals surface area contributed by atoms with Gasteiger partial charge in [-0.2, -0.15) is 15.4 Å². The second-order valence-electron chi connectivity index (χ2n) is 10.1. The summed E-state index contributed by atoms with van der Waals surface area (Å²) in [6, 6.07) is 23.4. The summed E-state index contributed by atoms with van der Waals surface area (Å²) >= 11 is 1.57. The van der Waals surface area contributed by atoms with Crippen molar-refractivity contribution in [1.29, 1.82) is 0 Å². The summed E-state index contributed by atoms with van der Waals surface area (Å²) in [5.41, 5.74) is 11.1. The van der Waals surface area contributed by atoms with Gasteiger partial charge in [-0.25, -0.2) is 0 Å². The Labute approximate surface area is 226 Å². The van der Waals surface area contributed by atoms with Crippen molar-refractivity contribution in [2.45, 2.75) is 43.3 Å². The molecule has 8 nitrogen and oxygen atoms in total. The third kappa shape index (κ3) is 5.79. The number of fused-ring (bicyclic) bond motifs is 1. The molecule has 0 bridgehead atoms. The van der Waals surface area contributed by atoms with Gasteiger partial charge in [-0.15, -0.1) is 11.8 Å². The average Bonchev–Trinajstić information content (AvgIpc) is 3.40. The van der Waals surface area contributed by atoms with Crippen LogP contribution in [-0.4, -0.2) is 44.6 Å². The van der Waals surface area contributed by atoms with Crippen molar-refractivity contribution in [2.75, 3.05) is 10.7 Å². The van der Waals surface area contributed by atoms with Crippen LogP contribution in [0, 0.1) is 0 Å². The largest absolute Gasteiger partial charge is 0.343 e. The number of thioether (sulfide) groups is 1. The molecule has 1 aromatic heterocycles. The number of nitrogens with zero attached hydrogens (tertiary/aromatic N) is 3. The summed E-state index contributed by atoms with van der Waals surface area (Å²) in [7, 11) is 0. The predicted octanol–water partition coefficient (Wildman–Crippen LogP) is 4.39. The molecule has 5 rings (SSSR count). The number of H-pyrrole nitrogens is 1. The first kappa shape index (κ1) is 25.7. The zero-order valence-corrected chi connectivity index (χ0v) is 22.2. The third-order valence-electron chi connectivity index (χ3n) is 6.30. The minimum Gasteiger partial charge on any atom is -0.343 e. The van der Waals surface area contributed by atoms with Crippen LogP contribution in [-0.2, 0) is 16.1 Å². The maximum atomic E-state index is 13.7. The Bertz CT molecular complexity index is 1430. The highest BCUT2D eigenvalue weighted by molar-refractivity contribution is 7.99. The lowest BCUT2D eigenvalue weighted by Crippen LogP contribution is -2.51. The minimum atomic E-state index is -0.651. The van der Waals surface area contributed by atoms with Crippen molar-refractivity contribution < 1.29 is 9.59 Å². The van der Waals surface area contributed by atoms with E-state index in [9.17, 15) is 9.59 Å². The minimum absolute atomic E-state index is 0.133. The molecule has 194 valence electrons. The van der Waals surface area contributed by atoms with Crippen molar-refractivity contribution >= 4 is 29.3 Å². The molecule has 0 saturated heterocycles. The highest BCUT2D eigenvalue weighted by Crippen LogP contribution is 2.36. The van der Waals surface area contributed by atoms with E-state index in [1.807, 2.05) is 54.6 Å². The molecule has 0 radical (unpaired) electrons. The fourth-order valence-corrected chi connectivity index (χ4v) is 5.61. The Hall–Kier alpha value is -3.95. The first-order valence-electron chi connectivity index (χ1n) is 12.4. The van der Waals surface area contributed by atoms with Crippen molar-refractivity contribution in [2.24, 2.45) is 5.73 Å². The molecule has 38 heavy (non-hydrogen) atoms. The van der Waals surface area contributed by atoms with E-state index in [4.69, 9.17) is 5.73 Å². The fraction of sp³-hybridized carbons (Fsp3) is 0.241. The number of aromatic amines is 1. The number of rotatable bonds is 7. The lowest BCUT2D eigenvalue weighted by Gasteiger charge is -2.27. The Kier molecular flexibility index (Phi) is 7.31. The maximum absolute atomic E-state index is 13.7. The van der Waals surface area contributed by atoms with Crippen LogP contribution < -0.4 is 16.0 Å². The van der Waals surface area contributed by atoms with E-state index in [1.165, 1.54) is 0 Å². The molecule has 0 unspecified atom stereocenters. The van der Waals surface area contributed by atoms with Gasteiger partial charge in [0.1, 0.15) is 11.7 Å². The first-order chi connectivity index (χ1) is 18.3. The number of hydrogen-bond acceptors (Lipinski definition) is 6. The molecule has 2 amide bonds. The van der Waals surface area contributed by atoms with E-state index < -0.39 is 11.6 Å². The number of hydrogen-bond donors (Lipinski definition) is 3. The van der Waals surface area contributed by atoms with Crippen molar-refractivity contribution in [3.63, 3.8) is 0 Å². The van der Waals surface area contributed by atoms with Gasteiger partial charge in [-0.3, -0.25) is 9.59 Å². The van der Waals surface area contributed by atoms with Crippen LogP contribution in [0.2, 0.25) is 0 Å². The Balaban J connectivity index is 1.40. The van der Waals surface area contributed by atoms with Crippen LogP contribution in [0.1, 0.15) is 25.8 Å². The lowest BCUT2D eigenvalue weighted by molar-refractivity contribution is -0.127. The summed E-state index contributed by atoms with van der Waals surface area (Å²) in [5.74, 6) is 0.101. The van der Waals surface area contributed by atoms with Crippen LogP contribution in [0.25, 0.3) is 22.4 Å². The normalized spacial score (nSPS) is 15.6. The number of nitrogens with two attached hydrogens (primary N) is 1. The fourth-order valence-electron chi connectivity index (χ4n) is 4.54. The molecule has 0 saturated carbocycles. The van der Waals surface area contributed by atoms with E-state index in [-0.39, 0.29) is 18.2 Å². The number of carbonyl (C=O) groups excluding carboxylic acids is 2. The van der Waals surface area contributed by atoms with Crippen LogP contribution in [0.15, 0.2) is 83.9 Å². The van der Waals surface area contributed by atoms with Crippen LogP contribution in [0.3, 0.4) is 0 Å². The molecular formula is C29H30N6O2S. The lowest BCUT2D eigenvalue weighted by atomic mass is 9.97. The Morgan fingerprint density at radius 2 is 1.79 bits per heavy atom. The number of amides is 2. The molecule has 1 atom stereocenters. The second-order valence-corrected chi connectivity index (χ2v) is 11.1. The molecule has 1 aliphatic heterocycles. The van der Waals surface area contributed by atoms with Crippen LogP contribution in [0.5, 0.6) is 0 Å². The summed E-state index contributed by atoms with van der Waals surface area (Å²) in [5, 5.41) is 13.8. The zero-order valence-electron chi connectivity index (χ0n) is 21.3. The average molecular weight is 527 g/mol. The highest BCUT2D eigenvalue weighted by atomic mass is 32.2. The standard InChI is InChI=1S/C29H30N6O2S/c1-29(2,30)15-27(36)32-24-18-38-26-10-6-5-9-25(26)35(28(24)37)17-19-11-13-20(14-12-19)21-7-3-4-8-22(21)23-16-31-34-33-23/h3-14,16,24H,15,17-18,30H2,1-2H3,(H,32,36)(H,31,33,34)/t24-/m1/s1. The Morgan fingerprint density at radius 3 is 2.50 bits per heavy atom. The second kappa shape index (κ2) is 10.8. The number of anilines is 1. The molecule has 9 heteroatoms. The van der Waals surface area contributed by atoms with Crippen molar-refractivity contribution in [3.8, 4) is 22.4 Å². The quantitative estimate of drug-likeness (QED) is 0.329. The van der Waals surface area contributed by atoms with Crippen molar-refractivity contribution in [1.82, 2.24) is 20.7 Å². The van der Waals surface area contributed by atoms with E-state index >= 15 is 0 Å². The predicted molar refractivity (Wildman–Crippen MR) is 150 cm³/mol. The van der Waals surface area contributed by atoms with E-state index in [1.54, 1.807) is 36.7 Å². The van der Waals surface area contributed by atoms with Gasteiger partial charge in [0, 0.05) is 28.2 Å². The van der Waals surface area contributed by atoms with E-state index in [0.717, 1.165) is 38.5 Å². The van der Waals surface area contributed by atoms with Gasteiger partial charge in [0.2, 0.25) is 5.91 Å². The topological polar surface area (TPSA) is 117 Å². The molecule has 0 fully saturated rings. The molecule has 2 heterocycles. The summed E-state index contributed by atoms with van der Waals surface area (Å²) in [6.45, 7) is 3.98. The van der Waals surface area contributed by atoms with Gasteiger partial charge >= 0.3 is 0 Å². The number of para-hydroxylation sites is 1. The first-order valence-corrected chi connectivity index (χ1v) is 13.4. The third-order valence-corrected chi connectivity index (χ3v) is 7.46. The van der Waals surface area contributed by atoms with Gasteiger partial charge in [-0.05, 0) is 42.7 Å². The smallest absolute Gasteiger partial charge is 0.250 e. The van der Waals surface area contributed by atoms with E-state index in [2.05, 4.69) is 38.9 Å². The number of nitrogens with one attached hydrogen (secondary N) is 2. The number of benzene rings is 3. The zero-order chi connectivity index (χ0) is 26.7. The molecule has 1 aliphatic rings. The summed E-state index contributed by atoms with van der Waals surface area (Å²) in [6.07, 6.45) is 1.85. The van der Waals surface area contributed by atoms with Gasteiger partial charge in [0.05, 0.1) is 18.4 Å². The molecule has 0 aliphatic carbocycles. The molecule has 4 aromatic rings. The van der Waals surface area contributed by atoms with Crippen LogP contribution in [0.4, 0.5) is 5.69 Å². The van der Waals surface area contributed by atoms with Crippen molar-refractivity contribution in [3.05, 3.63) is 84.6 Å². The SMILES string of the molecule is CC(C)(N)CC(=O)N[C@@H]1CSc2ccccc2N(Cc2ccc(-c3ccccc3-c3cn[nH]n3)cc2)C1=O. The van der Waals surface area contributed by atoms with Gasteiger partial charge in [0.25, 0.3) is 5.91 Å². The molecular weight excluding hydrogens is 496 g/mol. The van der Waals surface area contributed by atoms with Crippen LogP contribution >= 0.6 is 11.8 Å². The summed E-state index contributed by atoms with van der Waals surface area (Å²) in [4.78, 5) is 29.1. The van der Waals surface area contributed by atoms with E-state index in [0.29, 0.717) is 12.3 Å². The molecule has 3 aromatic carbocycles. The number of carbonyl (C=O) groups is 2. The Morgan fingerprint density at radius 1 is 1.08 bits per heavy atom. The maximum Gasteiger partial charge on any atom is 0.250 e. The highest BCUT2D eigenvalue weighted by Gasteiger charge is 2.32. The summed E-state index contributed by atoms with van der Waals surface area (Å²) < 4.78 is 0. The van der Waals surface area contributed by atoms with Gasteiger partial charge in [0.15, 0.2) is 0 Å². The van der Waals surface area contributed by atoms with Gasteiger partial charge < -0.3 is 16.0 Å². The van der Waals surface area contributed by atoms with Gasteiger partial charge in [-0.1, -0.05) is 60.7 Å². The molecule has 0 spiro atoms. The number of aromatic nitrogens is 3. The molecule has 4 N–H and O–H groups in total.